The number of alkyl halides is 1. The highest BCUT2D eigenvalue weighted by Crippen LogP contribution is 2.29. The summed E-state index contributed by atoms with van der Waals surface area (Å²) in [6.07, 6.45) is 8.27. The van der Waals surface area contributed by atoms with Gasteiger partial charge in [0.15, 0.2) is 5.82 Å². The quantitative estimate of drug-likeness (QED) is 0.644. The standard InChI is InChI=1S/C23H37FN4O3/c1-5-20-11-21(31-15-18-9-7-6-8-16(18)2)10-17(3)27(20)12-19(24)13-28-23(30)26(4)22(14-29)25-28/h7,9,17,19-21,29H,5-6,8,10-15H2,1-4H3. The maximum absolute atomic E-state index is 15.0. The third-order valence-corrected chi connectivity index (χ3v) is 6.73. The number of allylic oxidation sites excluding steroid dienone is 2. The van der Waals surface area contributed by atoms with Gasteiger partial charge in [-0.2, -0.15) is 5.10 Å². The van der Waals surface area contributed by atoms with Crippen LogP contribution in [0, 0.1) is 0 Å². The summed E-state index contributed by atoms with van der Waals surface area (Å²) in [6, 6.07) is 0.449. The van der Waals surface area contributed by atoms with Gasteiger partial charge in [-0.25, -0.2) is 13.9 Å². The lowest BCUT2D eigenvalue weighted by Gasteiger charge is -2.44. The Morgan fingerprint density at radius 2 is 2.13 bits per heavy atom. The summed E-state index contributed by atoms with van der Waals surface area (Å²) < 4.78 is 23.6. The fourth-order valence-electron chi connectivity index (χ4n) is 4.75. The lowest BCUT2D eigenvalue weighted by molar-refractivity contribution is -0.0395. The molecule has 2 heterocycles. The van der Waals surface area contributed by atoms with Crippen molar-refractivity contribution in [2.45, 2.75) is 90.4 Å². The van der Waals surface area contributed by atoms with Gasteiger partial charge in [0.2, 0.25) is 0 Å². The molecule has 0 radical (unpaired) electrons. The molecule has 1 N–H and O–H groups in total. The second-order valence-corrected chi connectivity index (χ2v) is 8.95. The number of hydrogen-bond donors (Lipinski definition) is 1. The number of nitrogens with zero attached hydrogens (tertiary/aromatic N) is 4. The molecule has 0 saturated carbocycles. The first-order valence-corrected chi connectivity index (χ1v) is 11.4. The lowest BCUT2D eigenvalue weighted by atomic mass is 9.91. The van der Waals surface area contributed by atoms with Crippen LogP contribution >= 0.6 is 0 Å². The van der Waals surface area contributed by atoms with Crippen LogP contribution in [0.25, 0.3) is 0 Å². The summed E-state index contributed by atoms with van der Waals surface area (Å²) in [5.41, 5.74) is 2.30. The largest absolute Gasteiger partial charge is 0.388 e. The molecule has 31 heavy (non-hydrogen) atoms. The molecule has 4 unspecified atom stereocenters. The molecule has 2 aliphatic rings. The molecule has 1 aliphatic carbocycles. The summed E-state index contributed by atoms with van der Waals surface area (Å²) in [5.74, 6) is 0.244. The summed E-state index contributed by atoms with van der Waals surface area (Å²) in [7, 11) is 1.53. The Bertz CT molecular complexity index is 859. The first-order valence-electron chi connectivity index (χ1n) is 11.4. The van der Waals surface area contributed by atoms with Crippen molar-refractivity contribution in [3.8, 4) is 0 Å². The van der Waals surface area contributed by atoms with Gasteiger partial charge in [0.1, 0.15) is 12.8 Å². The Labute approximate surface area is 184 Å². The molecule has 0 amide bonds. The molecular formula is C23H37FN4O3. The van der Waals surface area contributed by atoms with Crippen molar-refractivity contribution in [2.75, 3.05) is 13.2 Å². The van der Waals surface area contributed by atoms with Crippen molar-refractivity contribution in [1.82, 2.24) is 19.2 Å². The molecule has 174 valence electrons. The van der Waals surface area contributed by atoms with Gasteiger partial charge in [-0.1, -0.05) is 24.6 Å². The highest BCUT2D eigenvalue weighted by molar-refractivity contribution is 5.28. The van der Waals surface area contributed by atoms with Gasteiger partial charge in [-0.05, 0) is 51.5 Å². The van der Waals surface area contributed by atoms with Crippen LogP contribution in [0.4, 0.5) is 4.39 Å². The monoisotopic (exact) mass is 436 g/mol. The minimum absolute atomic E-state index is 0.105. The summed E-state index contributed by atoms with van der Waals surface area (Å²) >= 11 is 0. The number of aliphatic hydroxyl groups is 1. The molecule has 4 atom stereocenters. The molecule has 1 saturated heterocycles. The first kappa shape index (κ1) is 23.9. The van der Waals surface area contributed by atoms with E-state index in [4.69, 9.17) is 4.74 Å². The number of halogens is 1. The Morgan fingerprint density at radius 1 is 1.35 bits per heavy atom. The van der Waals surface area contributed by atoms with E-state index in [1.54, 1.807) is 0 Å². The van der Waals surface area contributed by atoms with E-state index in [0.29, 0.717) is 6.61 Å². The molecule has 1 fully saturated rings. The van der Waals surface area contributed by atoms with E-state index in [2.05, 4.69) is 42.9 Å². The number of hydrogen-bond acceptors (Lipinski definition) is 5. The molecule has 3 rings (SSSR count). The number of likely N-dealkylation sites (tertiary alicyclic amines) is 1. The summed E-state index contributed by atoms with van der Waals surface area (Å²) in [5, 5.41) is 13.3. The number of aromatic nitrogens is 3. The zero-order chi connectivity index (χ0) is 22.5. The van der Waals surface area contributed by atoms with Crippen LogP contribution in [-0.4, -0.2) is 61.9 Å². The molecule has 0 bridgehead atoms. The third-order valence-electron chi connectivity index (χ3n) is 6.73. The highest BCUT2D eigenvalue weighted by atomic mass is 19.1. The van der Waals surface area contributed by atoms with E-state index in [9.17, 15) is 14.3 Å². The Kier molecular flexibility index (Phi) is 8.24. The number of aliphatic hydroxyl groups excluding tert-OH is 1. The van der Waals surface area contributed by atoms with Crippen molar-refractivity contribution < 1.29 is 14.2 Å². The van der Waals surface area contributed by atoms with Crippen molar-refractivity contribution in [3.63, 3.8) is 0 Å². The lowest BCUT2D eigenvalue weighted by Crippen LogP contribution is -2.52. The highest BCUT2D eigenvalue weighted by Gasteiger charge is 2.34. The molecule has 1 aromatic rings. The number of rotatable bonds is 9. The number of piperidine rings is 1. The predicted octanol–water partition coefficient (Wildman–Crippen LogP) is 2.73. The van der Waals surface area contributed by atoms with Crippen LogP contribution in [0.1, 0.15) is 58.7 Å². The predicted molar refractivity (Wildman–Crippen MR) is 119 cm³/mol. The minimum atomic E-state index is -1.21. The minimum Gasteiger partial charge on any atom is -0.388 e. The fraction of sp³-hybridized carbons (Fsp3) is 0.739. The Hall–Kier alpha value is -1.77. The van der Waals surface area contributed by atoms with Gasteiger partial charge < -0.3 is 9.84 Å². The van der Waals surface area contributed by atoms with Crippen molar-refractivity contribution >= 4 is 0 Å². The third kappa shape index (κ3) is 5.73. The maximum atomic E-state index is 15.0. The first-order chi connectivity index (χ1) is 14.8. The van der Waals surface area contributed by atoms with Crippen molar-refractivity contribution in [1.29, 1.82) is 0 Å². The maximum Gasteiger partial charge on any atom is 0.345 e. The van der Waals surface area contributed by atoms with Crippen LogP contribution in [0.2, 0.25) is 0 Å². The van der Waals surface area contributed by atoms with E-state index in [1.165, 1.54) is 22.8 Å². The second-order valence-electron chi connectivity index (χ2n) is 8.95. The molecule has 7 nitrogen and oxygen atoms in total. The number of ether oxygens (including phenoxy) is 1. The summed E-state index contributed by atoms with van der Waals surface area (Å²) in [4.78, 5) is 14.4. The van der Waals surface area contributed by atoms with Gasteiger partial charge >= 0.3 is 5.69 Å². The molecule has 1 aliphatic heterocycles. The molecule has 8 heteroatoms. The van der Waals surface area contributed by atoms with Gasteiger partial charge in [0, 0.05) is 25.7 Å². The molecular weight excluding hydrogens is 399 g/mol. The normalized spacial score (nSPS) is 25.9. The van der Waals surface area contributed by atoms with Crippen LogP contribution < -0.4 is 5.69 Å². The smallest absolute Gasteiger partial charge is 0.345 e. The van der Waals surface area contributed by atoms with E-state index in [0.717, 1.165) is 36.8 Å². The fourth-order valence-corrected chi connectivity index (χ4v) is 4.75. The summed E-state index contributed by atoms with van der Waals surface area (Å²) in [6.45, 7) is 6.91. The molecule has 1 aromatic heterocycles. The van der Waals surface area contributed by atoms with Gasteiger partial charge in [0.05, 0.1) is 19.3 Å². The van der Waals surface area contributed by atoms with Crippen LogP contribution in [0.5, 0.6) is 0 Å². The zero-order valence-corrected chi connectivity index (χ0v) is 19.3. The average Bonchev–Trinajstić information content (AvgIpc) is 3.02. The van der Waals surface area contributed by atoms with Crippen LogP contribution in [-0.2, 0) is 24.9 Å². The second kappa shape index (κ2) is 10.7. The van der Waals surface area contributed by atoms with Crippen molar-refractivity contribution in [3.05, 3.63) is 39.6 Å². The zero-order valence-electron chi connectivity index (χ0n) is 19.3. The SMILES string of the molecule is CCC1CC(OCC2=C(C)CCC=C2)CC(C)N1CC(F)Cn1nc(CO)n(C)c1=O. The van der Waals surface area contributed by atoms with Crippen LogP contribution in [0.3, 0.4) is 0 Å². The topological polar surface area (TPSA) is 72.5 Å². The van der Waals surface area contributed by atoms with E-state index >= 15 is 0 Å². The van der Waals surface area contributed by atoms with Gasteiger partial charge in [0.25, 0.3) is 0 Å². The van der Waals surface area contributed by atoms with E-state index in [1.807, 2.05) is 0 Å². The Morgan fingerprint density at radius 3 is 2.77 bits per heavy atom. The Balaban J connectivity index is 1.57. The van der Waals surface area contributed by atoms with Crippen molar-refractivity contribution in [2.24, 2.45) is 7.05 Å². The average molecular weight is 437 g/mol. The van der Waals surface area contributed by atoms with Gasteiger partial charge in [-0.15, -0.1) is 0 Å². The van der Waals surface area contributed by atoms with E-state index < -0.39 is 11.9 Å². The van der Waals surface area contributed by atoms with E-state index in [-0.39, 0.29) is 43.7 Å². The van der Waals surface area contributed by atoms with Gasteiger partial charge in [-0.3, -0.25) is 9.47 Å². The molecule has 0 aromatic carbocycles. The van der Waals surface area contributed by atoms with Crippen LogP contribution in [0.15, 0.2) is 28.1 Å². The molecule has 0 spiro atoms.